The van der Waals surface area contributed by atoms with E-state index < -0.39 is 5.82 Å². The highest BCUT2D eigenvalue weighted by Gasteiger charge is 2.10. The van der Waals surface area contributed by atoms with Crippen LogP contribution >= 0.6 is 0 Å². The van der Waals surface area contributed by atoms with E-state index in [2.05, 4.69) is 32.6 Å². The molecule has 2 nitrogen and oxygen atoms in total. The van der Waals surface area contributed by atoms with Gasteiger partial charge in [-0.2, -0.15) is 0 Å². The van der Waals surface area contributed by atoms with Gasteiger partial charge in [-0.3, -0.25) is 4.90 Å². The molecule has 0 spiro atoms. The van der Waals surface area contributed by atoms with Crippen LogP contribution in [0.5, 0.6) is 5.75 Å². The normalized spacial score (nSPS) is 11.8. The molecule has 0 heterocycles. The predicted octanol–water partition coefficient (Wildman–Crippen LogP) is 4.43. The number of rotatable bonds is 8. The summed E-state index contributed by atoms with van der Waals surface area (Å²) in [6.45, 7) is 11.7. The van der Waals surface area contributed by atoms with Crippen molar-refractivity contribution >= 4 is 0 Å². The first kappa shape index (κ1) is 17.0. The summed E-state index contributed by atoms with van der Waals surface area (Å²) in [6.07, 6.45) is 2.30. The molecule has 1 rings (SSSR count). The average Bonchev–Trinajstić information content (AvgIpc) is 2.36. The SMILES string of the molecule is CC(C)CCN(CCC(C)C)Cc1ccc(O)c(F)c1. The van der Waals surface area contributed by atoms with Gasteiger partial charge in [0.05, 0.1) is 0 Å². The standard InChI is InChI=1S/C17H28FNO/c1-13(2)7-9-19(10-8-14(3)4)12-15-5-6-17(20)16(18)11-15/h5-6,11,13-14,20H,7-10,12H2,1-4H3. The molecule has 0 aromatic heterocycles. The Labute approximate surface area is 122 Å². The number of hydrogen-bond donors (Lipinski definition) is 1. The summed E-state index contributed by atoms with van der Waals surface area (Å²) in [6, 6.07) is 4.68. The van der Waals surface area contributed by atoms with Crippen LogP contribution in [0.3, 0.4) is 0 Å². The van der Waals surface area contributed by atoms with Crippen LogP contribution < -0.4 is 0 Å². The number of phenols is 1. The Morgan fingerprint density at radius 2 is 1.60 bits per heavy atom. The lowest BCUT2D eigenvalue weighted by Crippen LogP contribution is -2.27. The zero-order chi connectivity index (χ0) is 15.1. The second kappa shape index (κ2) is 8.25. The highest BCUT2D eigenvalue weighted by atomic mass is 19.1. The van der Waals surface area contributed by atoms with Gasteiger partial charge in [0.1, 0.15) is 0 Å². The first-order valence-corrected chi connectivity index (χ1v) is 7.58. The molecule has 0 aliphatic heterocycles. The van der Waals surface area contributed by atoms with Crippen LogP contribution in [0.1, 0.15) is 46.1 Å². The van der Waals surface area contributed by atoms with Crippen LogP contribution in [0.15, 0.2) is 18.2 Å². The van der Waals surface area contributed by atoms with Crippen molar-refractivity contribution in [2.45, 2.75) is 47.1 Å². The quantitative estimate of drug-likeness (QED) is 0.762. The van der Waals surface area contributed by atoms with Crippen LogP contribution in [-0.4, -0.2) is 23.1 Å². The fraction of sp³-hybridized carbons (Fsp3) is 0.647. The molecule has 114 valence electrons. The molecular weight excluding hydrogens is 253 g/mol. The van der Waals surface area contributed by atoms with Crippen molar-refractivity contribution in [3.63, 3.8) is 0 Å². The summed E-state index contributed by atoms with van der Waals surface area (Å²) in [7, 11) is 0. The van der Waals surface area contributed by atoms with Crippen LogP contribution in [0.4, 0.5) is 4.39 Å². The van der Waals surface area contributed by atoms with E-state index >= 15 is 0 Å². The van der Waals surface area contributed by atoms with E-state index in [9.17, 15) is 9.50 Å². The Bertz CT molecular complexity index is 392. The maximum absolute atomic E-state index is 13.4. The summed E-state index contributed by atoms with van der Waals surface area (Å²) in [5.41, 5.74) is 0.924. The van der Waals surface area contributed by atoms with Crippen LogP contribution in [0.25, 0.3) is 0 Å². The van der Waals surface area contributed by atoms with Gasteiger partial charge in [0.25, 0.3) is 0 Å². The highest BCUT2D eigenvalue weighted by Crippen LogP contribution is 2.18. The Kier molecular flexibility index (Phi) is 7.00. The molecule has 0 aliphatic rings. The molecule has 0 atom stereocenters. The van der Waals surface area contributed by atoms with Gasteiger partial charge < -0.3 is 5.11 Å². The molecular formula is C17H28FNO. The van der Waals surface area contributed by atoms with Gasteiger partial charge >= 0.3 is 0 Å². The monoisotopic (exact) mass is 281 g/mol. The number of halogens is 1. The van der Waals surface area contributed by atoms with Gasteiger partial charge in [0.15, 0.2) is 11.6 Å². The van der Waals surface area contributed by atoms with Crippen molar-refractivity contribution in [2.75, 3.05) is 13.1 Å². The fourth-order valence-electron chi connectivity index (χ4n) is 2.06. The van der Waals surface area contributed by atoms with E-state index in [0.717, 1.165) is 38.0 Å². The molecule has 20 heavy (non-hydrogen) atoms. The topological polar surface area (TPSA) is 23.5 Å². The molecule has 0 aliphatic carbocycles. The zero-order valence-corrected chi connectivity index (χ0v) is 13.2. The summed E-state index contributed by atoms with van der Waals surface area (Å²) >= 11 is 0. The summed E-state index contributed by atoms with van der Waals surface area (Å²) in [4.78, 5) is 2.38. The molecule has 1 aromatic carbocycles. The van der Waals surface area contributed by atoms with Crippen molar-refractivity contribution in [2.24, 2.45) is 11.8 Å². The minimum atomic E-state index is -0.532. The van der Waals surface area contributed by atoms with E-state index in [0.29, 0.717) is 11.8 Å². The molecule has 1 N–H and O–H groups in total. The highest BCUT2D eigenvalue weighted by molar-refractivity contribution is 5.27. The minimum Gasteiger partial charge on any atom is -0.505 e. The lowest BCUT2D eigenvalue weighted by Gasteiger charge is -2.24. The third kappa shape index (κ3) is 6.38. The average molecular weight is 281 g/mol. The van der Waals surface area contributed by atoms with E-state index in [1.165, 1.54) is 12.1 Å². The number of nitrogens with zero attached hydrogens (tertiary/aromatic N) is 1. The first-order valence-electron chi connectivity index (χ1n) is 7.58. The predicted molar refractivity (Wildman–Crippen MR) is 82.3 cm³/mol. The number of phenolic OH excluding ortho intramolecular Hbond substituents is 1. The molecule has 0 unspecified atom stereocenters. The van der Waals surface area contributed by atoms with Gasteiger partial charge in [-0.15, -0.1) is 0 Å². The van der Waals surface area contributed by atoms with Gasteiger partial charge in [-0.25, -0.2) is 4.39 Å². The molecule has 0 bridgehead atoms. The van der Waals surface area contributed by atoms with Crippen molar-refractivity contribution in [1.29, 1.82) is 0 Å². The van der Waals surface area contributed by atoms with Gasteiger partial charge in [-0.05, 0) is 55.5 Å². The lowest BCUT2D eigenvalue weighted by molar-refractivity contribution is 0.235. The van der Waals surface area contributed by atoms with Crippen LogP contribution in [-0.2, 0) is 6.54 Å². The fourth-order valence-corrected chi connectivity index (χ4v) is 2.06. The van der Waals surface area contributed by atoms with E-state index in [-0.39, 0.29) is 5.75 Å². The maximum atomic E-state index is 13.4. The van der Waals surface area contributed by atoms with Crippen LogP contribution in [0.2, 0.25) is 0 Å². The Morgan fingerprint density at radius 1 is 1.05 bits per heavy atom. The zero-order valence-electron chi connectivity index (χ0n) is 13.2. The van der Waals surface area contributed by atoms with E-state index in [1.807, 2.05) is 0 Å². The third-order valence-electron chi connectivity index (χ3n) is 3.46. The Balaban J connectivity index is 2.63. The maximum Gasteiger partial charge on any atom is 0.165 e. The summed E-state index contributed by atoms with van der Waals surface area (Å²) < 4.78 is 13.4. The van der Waals surface area contributed by atoms with Gasteiger partial charge in [0.2, 0.25) is 0 Å². The number of hydrogen-bond acceptors (Lipinski definition) is 2. The number of benzene rings is 1. The van der Waals surface area contributed by atoms with Gasteiger partial charge in [0, 0.05) is 6.54 Å². The Morgan fingerprint density at radius 3 is 2.05 bits per heavy atom. The second-order valence-electron chi connectivity index (χ2n) is 6.43. The number of aromatic hydroxyl groups is 1. The van der Waals surface area contributed by atoms with Crippen molar-refractivity contribution in [1.82, 2.24) is 4.90 Å². The van der Waals surface area contributed by atoms with Crippen molar-refractivity contribution in [3.05, 3.63) is 29.6 Å². The van der Waals surface area contributed by atoms with Crippen LogP contribution in [0, 0.1) is 17.7 Å². The molecule has 0 fully saturated rings. The summed E-state index contributed by atoms with van der Waals surface area (Å²) in [5, 5.41) is 9.24. The third-order valence-corrected chi connectivity index (χ3v) is 3.46. The minimum absolute atomic E-state index is 0.273. The second-order valence-corrected chi connectivity index (χ2v) is 6.43. The molecule has 0 saturated carbocycles. The molecule has 1 aromatic rings. The van der Waals surface area contributed by atoms with Crippen molar-refractivity contribution < 1.29 is 9.50 Å². The largest absolute Gasteiger partial charge is 0.505 e. The first-order chi connectivity index (χ1) is 9.38. The summed E-state index contributed by atoms with van der Waals surface area (Å²) in [5.74, 6) is 0.543. The smallest absolute Gasteiger partial charge is 0.165 e. The molecule has 0 radical (unpaired) electrons. The Hall–Kier alpha value is -1.09. The lowest BCUT2D eigenvalue weighted by atomic mass is 10.1. The molecule has 0 saturated heterocycles. The van der Waals surface area contributed by atoms with E-state index in [4.69, 9.17) is 0 Å². The van der Waals surface area contributed by atoms with E-state index in [1.54, 1.807) is 6.07 Å². The van der Waals surface area contributed by atoms with Crippen molar-refractivity contribution in [3.8, 4) is 5.75 Å². The molecule has 3 heteroatoms. The molecule has 0 amide bonds. The van der Waals surface area contributed by atoms with Gasteiger partial charge in [-0.1, -0.05) is 33.8 Å².